The van der Waals surface area contributed by atoms with Gasteiger partial charge in [-0.25, -0.2) is 14.7 Å². The molecule has 0 amide bonds. The highest BCUT2D eigenvalue weighted by Crippen LogP contribution is 2.13. The predicted octanol–water partition coefficient (Wildman–Crippen LogP) is 1.21. The summed E-state index contributed by atoms with van der Waals surface area (Å²) in [6, 6.07) is 7.95. The van der Waals surface area contributed by atoms with Crippen LogP contribution in [0.4, 0.5) is 0 Å². The van der Waals surface area contributed by atoms with Crippen molar-refractivity contribution in [2.75, 3.05) is 0 Å². The molecular weight excluding hydrogens is 152 g/mol. The Hall–Kier alpha value is -1.84. The number of nitrogens with one attached hydrogen (secondary N) is 1. The lowest BCUT2D eigenvalue weighted by Gasteiger charge is -1.86. The standard InChI is InChI=1S/C8H6N4/c1-2-4-7-6(3-1)10-8-5-9-11-12(7)8/h1-5,11H. The van der Waals surface area contributed by atoms with E-state index in [9.17, 15) is 0 Å². The Balaban J connectivity index is 2.68. The van der Waals surface area contributed by atoms with Crippen LogP contribution in [0.5, 0.6) is 0 Å². The van der Waals surface area contributed by atoms with Crippen molar-refractivity contribution < 1.29 is 0 Å². The van der Waals surface area contributed by atoms with Crippen molar-refractivity contribution in [2.24, 2.45) is 0 Å². The van der Waals surface area contributed by atoms with E-state index in [-0.39, 0.29) is 0 Å². The van der Waals surface area contributed by atoms with Crippen LogP contribution in [-0.4, -0.2) is 19.8 Å². The van der Waals surface area contributed by atoms with Crippen LogP contribution in [0.25, 0.3) is 16.7 Å². The van der Waals surface area contributed by atoms with Crippen LogP contribution in [-0.2, 0) is 0 Å². The minimum Gasteiger partial charge on any atom is -0.225 e. The summed E-state index contributed by atoms with van der Waals surface area (Å²) in [6.07, 6.45) is 1.71. The van der Waals surface area contributed by atoms with E-state index < -0.39 is 0 Å². The van der Waals surface area contributed by atoms with Crippen LogP contribution in [0.1, 0.15) is 0 Å². The normalized spacial score (nSPS) is 11.3. The Morgan fingerprint density at radius 1 is 1.25 bits per heavy atom. The Kier molecular flexibility index (Phi) is 0.889. The molecule has 2 aromatic heterocycles. The largest absolute Gasteiger partial charge is 0.225 e. The summed E-state index contributed by atoms with van der Waals surface area (Å²) >= 11 is 0. The first-order valence-electron chi connectivity index (χ1n) is 3.72. The van der Waals surface area contributed by atoms with Crippen LogP contribution in [0.3, 0.4) is 0 Å². The maximum atomic E-state index is 4.34. The molecule has 1 aromatic carbocycles. The average Bonchev–Trinajstić information content (AvgIpc) is 2.62. The Labute approximate surface area is 67.8 Å². The lowest BCUT2D eigenvalue weighted by Crippen LogP contribution is -1.82. The van der Waals surface area contributed by atoms with E-state index in [1.807, 2.05) is 28.8 Å². The molecule has 58 valence electrons. The third kappa shape index (κ3) is 0.567. The second-order valence-corrected chi connectivity index (χ2v) is 2.65. The molecular formula is C8H6N4. The summed E-state index contributed by atoms with van der Waals surface area (Å²) in [6.45, 7) is 0. The first-order chi connectivity index (χ1) is 5.95. The molecule has 0 saturated heterocycles. The maximum Gasteiger partial charge on any atom is 0.174 e. The van der Waals surface area contributed by atoms with Gasteiger partial charge in [0.05, 0.1) is 17.2 Å². The molecule has 0 atom stereocenters. The second-order valence-electron chi connectivity index (χ2n) is 2.65. The van der Waals surface area contributed by atoms with Gasteiger partial charge < -0.3 is 0 Å². The van der Waals surface area contributed by atoms with Crippen LogP contribution >= 0.6 is 0 Å². The molecule has 0 aliphatic heterocycles. The monoisotopic (exact) mass is 158 g/mol. The minimum atomic E-state index is 0.858. The fourth-order valence-electron chi connectivity index (χ4n) is 1.38. The number of rotatable bonds is 0. The van der Waals surface area contributed by atoms with Crippen LogP contribution in [0, 0.1) is 0 Å². The molecule has 0 saturated carbocycles. The molecule has 4 nitrogen and oxygen atoms in total. The van der Waals surface area contributed by atoms with Gasteiger partial charge in [-0.1, -0.05) is 12.1 Å². The number of fused-ring (bicyclic) bond motifs is 3. The molecule has 0 bridgehead atoms. The van der Waals surface area contributed by atoms with Gasteiger partial charge in [-0.05, 0) is 12.1 Å². The quantitative estimate of drug-likeness (QED) is 0.534. The molecule has 1 N–H and O–H groups in total. The van der Waals surface area contributed by atoms with Crippen molar-refractivity contribution >= 4 is 16.7 Å². The van der Waals surface area contributed by atoms with E-state index in [1.165, 1.54) is 0 Å². The van der Waals surface area contributed by atoms with E-state index in [2.05, 4.69) is 15.3 Å². The Bertz CT molecular complexity index is 533. The van der Waals surface area contributed by atoms with E-state index >= 15 is 0 Å². The first kappa shape index (κ1) is 5.77. The van der Waals surface area contributed by atoms with Gasteiger partial charge in [-0.2, -0.15) is 5.10 Å². The zero-order valence-electron chi connectivity index (χ0n) is 6.23. The third-order valence-corrected chi connectivity index (χ3v) is 1.92. The molecule has 0 radical (unpaired) electrons. The second kappa shape index (κ2) is 1.85. The number of aromatic amines is 1. The minimum absolute atomic E-state index is 0.858. The summed E-state index contributed by atoms with van der Waals surface area (Å²) in [5.74, 6) is 0. The highest BCUT2D eigenvalue weighted by atomic mass is 15.4. The fraction of sp³-hybridized carbons (Fsp3) is 0. The van der Waals surface area contributed by atoms with Crippen molar-refractivity contribution in [3.63, 3.8) is 0 Å². The number of aromatic nitrogens is 4. The summed E-state index contributed by atoms with van der Waals surface area (Å²) in [5, 5.41) is 6.73. The number of benzene rings is 1. The average molecular weight is 158 g/mol. The van der Waals surface area contributed by atoms with Crippen molar-refractivity contribution in [2.45, 2.75) is 0 Å². The topological polar surface area (TPSA) is 46.0 Å². The lowest BCUT2D eigenvalue weighted by molar-refractivity contribution is 0.885. The summed E-state index contributed by atoms with van der Waals surface area (Å²) in [5.41, 5.74) is 2.91. The predicted molar refractivity (Wildman–Crippen MR) is 44.8 cm³/mol. The van der Waals surface area contributed by atoms with Crippen LogP contribution in [0.2, 0.25) is 0 Å². The third-order valence-electron chi connectivity index (χ3n) is 1.92. The molecule has 3 aromatic rings. The van der Waals surface area contributed by atoms with E-state index in [4.69, 9.17) is 0 Å². The highest BCUT2D eigenvalue weighted by Gasteiger charge is 2.02. The van der Waals surface area contributed by atoms with Gasteiger partial charge in [0.2, 0.25) is 0 Å². The number of H-pyrrole nitrogens is 1. The zero-order chi connectivity index (χ0) is 7.97. The van der Waals surface area contributed by atoms with Crippen LogP contribution in [0.15, 0.2) is 30.5 Å². The van der Waals surface area contributed by atoms with E-state index in [0.29, 0.717) is 0 Å². The molecule has 0 aliphatic rings. The maximum absolute atomic E-state index is 4.34. The lowest BCUT2D eigenvalue weighted by atomic mass is 10.3. The van der Waals surface area contributed by atoms with Crippen molar-refractivity contribution in [1.29, 1.82) is 0 Å². The first-order valence-corrected chi connectivity index (χ1v) is 3.72. The summed E-state index contributed by atoms with van der Waals surface area (Å²) < 4.78 is 1.86. The van der Waals surface area contributed by atoms with Gasteiger partial charge in [-0.3, -0.25) is 0 Å². The SMILES string of the molecule is c1ccc2c(c1)nc1cn[nH]n12. The molecule has 0 unspecified atom stereocenters. The zero-order valence-corrected chi connectivity index (χ0v) is 6.23. The molecule has 0 aliphatic carbocycles. The Morgan fingerprint density at radius 2 is 2.17 bits per heavy atom. The smallest absolute Gasteiger partial charge is 0.174 e. The molecule has 12 heavy (non-hydrogen) atoms. The van der Waals surface area contributed by atoms with Crippen molar-refractivity contribution in [1.82, 2.24) is 19.8 Å². The summed E-state index contributed by atoms with van der Waals surface area (Å²) in [4.78, 5) is 4.34. The molecule has 2 heterocycles. The molecule has 0 fully saturated rings. The van der Waals surface area contributed by atoms with Gasteiger partial charge in [-0.15, -0.1) is 0 Å². The van der Waals surface area contributed by atoms with E-state index in [1.54, 1.807) is 6.20 Å². The highest BCUT2D eigenvalue weighted by molar-refractivity contribution is 5.79. The van der Waals surface area contributed by atoms with Crippen molar-refractivity contribution in [3.8, 4) is 0 Å². The number of imidazole rings is 1. The van der Waals surface area contributed by atoms with Gasteiger partial charge >= 0.3 is 0 Å². The van der Waals surface area contributed by atoms with Crippen LogP contribution < -0.4 is 0 Å². The van der Waals surface area contributed by atoms with Gasteiger partial charge in [0.15, 0.2) is 5.65 Å². The van der Waals surface area contributed by atoms with Gasteiger partial charge in [0.1, 0.15) is 0 Å². The fourth-order valence-corrected chi connectivity index (χ4v) is 1.38. The number of nitrogens with zero attached hydrogens (tertiary/aromatic N) is 3. The molecule has 4 heteroatoms. The number of hydrogen-bond donors (Lipinski definition) is 1. The molecule has 3 rings (SSSR count). The Morgan fingerprint density at radius 3 is 3.17 bits per heavy atom. The molecule has 0 spiro atoms. The van der Waals surface area contributed by atoms with Gasteiger partial charge in [0, 0.05) is 0 Å². The number of para-hydroxylation sites is 2. The number of hydrogen-bond acceptors (Lipinski definition) is 2. The van der Waals surface area contributed by atoms with Crippen molar-refractivity contribution in [3.05, 3.63) is 30.5 Å². The van der Waals surface area contributed by atoms with Gasteiger partial charge in [0.25, 0.3) is 0 Å². The van der Waals surface area contributed by atoms with E-state index in [0.717, 1.165) is 16.7 Å². The summed E-state index contributed by atoms with van der Waals surface area (Å²) in [7, 11) is 0.